The molecule has 0 bridgehead atoms. The van der Waals surface area contributed by atoms with E-state index in [1.165, 1.54) is 6.20 Å². The molecule has 0 radical (unpaired) electrons. The van der Waals surface area contributed by atoms with Crippen LogP contribution in [-0.2, 0) is 0 Å². The van der Waals surface area contributed by atoms with E-state index in [-0.39, 0.29) is 0 Å². The number of ether oxygens (including phenoxy) is 3. The lowest BCUT2D eigenvalue weighted by Gasteiger charge is -2.12. The zero-order valence-electron chi connectivity index (χ0n) is 17.7. The van der Waals surface area contributed by atoms with Crippen molar-refractivity contribution in [1.29, 1.82) is 5.26 Å². The van der Waals surface area contributed by atoms with Crippen LogP contribution in [0.3, 0.4) is 0 Å². The molecule has 3 aromatic heterocycles. The molecule has 0 aliphatic carbocycles. The van der Waals surface area contributed by atoms with E-state index >= 15 is 0 Å². The number of fused-ring (bicyclic) bond motifs is 2. The van der Waals surface area contributed by atoms with Gasteiger partial charge in [0, 0.05) is 40.5 Å². The van der Waals surface area contributed by atoms with Gasteiger partial charge in [-0.1, -0.05) is 0 Å². The molecule has 9 nitrogen and oxygen atoms in total. The molecule has 0 aliphatic heterocycles. The van der Waals surface area contributed by atoms with Gasteiger partial charge in [-0.15, -0.1) is 0 Å². The van der Waals surface area contributed by atoms with Crippen molar-refractivity contribution in [3.63, 3.8) is 0 Å². The molecule has 5 rings (SSSR count). The van der Waals surface area contributed by atoms with Crippen LogP contribution in [0.1, 0.15) is 5.56 Å². The van der Waals surface area contributed by atoms with Crippen LogP contribution in [0.25, 0.3) is 27.8 Å². The van der Waals surface area contributed by atoms with Crippen LogP contribution < -0.4 is 19.5 Å². The number of H-pyrrole nitrogens is 2. The van der Waals surface area contributed by atoms with E-state index in [0.717, 1.165) is 33.6 Å². The van der Waals surface area contributed by atoms with Crippen molar-refractivity contribution in [2.24, 2.45) is 0 Å². The molecular weight excluding hydrogens is 408 g/mol. The van der Waals surface area contributed by atoms with Crippen molar-refractivity contribution >= 4 is 28.1 Å². The normalized spacial score (nSPS) is 10.9. The van der Waals surface area contributed by atoms with E-state index < -0.39 is 0 Å². The monoisotopic (exact) mass is 428 g/mol. The number of nitrogens with one attached hydrogen (secondary N) is 3. The highest BCUT2D eigenvalue weighted by atomic mass is 16.5. The van der Waals surface area contributed by atoms with Gasteiger partial charge in [0.1, 0.15) is 17.4 Å². The highest BCUT2D eigenvalue weighted by Crippen LogP contribution is 2.38. The minimum Gasteiger partial charge on any atom is -0.497 e. The number of anilines is 2. The summed E-state index contributed by atoms with van der Waals surface area (Å²) in [6, 6.07) is 13.6. The van der Waals surface area contributed by atoms with Crippen LogP contribution in [-0.4, -0.2) is 40.9 Å². The van der Waals surface area contributed by atoms with Crippen molar-refractivity contribution in [3.05, 3.63) is 54.4 Å². The number of benzene rings is 2. The summed E-state index contributed by atoms with van der Waals surface area (Å²) in [7, 11) is 4.83. The van der Waals surface area contributed by atoms with Crippen molar-refractivity contribution in [1.82, 2.24) is 19.6 Å². The number of methoxy groups -OCH3 is 3. The fourth-order valence-electron chi connectivity index (χ4n) is 3.80. The summed E-state index contributed by atoms with van der Waals surface area (Å²) >= 11 is 0. The number of imidazole rings is 1. The molecule has 0 atom stereocenters. The maximum absolute atomic E-state index is 9.51. The van der Waals surface area contributed by atoms with Gasteiger partial charge in [-0.3, -0.25) is 0 Å². The molecule has 3 N–H and O–H groups in total. The minimum absolute atomic E-state index is 0.452. The van der Waals surface area contributed by atoms with Crippen LogP contribution >= 0.6 is 0 Å². The average molecular weight is 428 g/mol. The summed E-state index contributed by atoms with van der Waals surface area (Å²) < 4.78 is 17.8. The van der Waals surface area contributed by atoms with Gasteiger partial charge in [-0.05, 0) is 24.3 Å². The molecule has 0 spiro atoms. The number of hydrogen-bond donors (Lipinski definition) is 3. The Morgan fingerprint density at radius 2 is 1.88 bits per heavy atom. The Bertz CT molecular complexity index is 1490. The van der Waals surface area contributed by atoms with E-state index in [2.05, 4.69) is 26.5 Å². The van der Waals surface area contributed by atoms with Crippen LogP contribution in [0.4, 0.5) is 11.5 Å². The lowest BCUT2D eigenvalue weighted by Crippen LogP contribution is -1.99. The molecule has 0 saturated carbocycles. The van der Waals surface area contributed by atoms with Gasteiger partial charge in [0.2, 0.25) is 0 Å². The third-order valence-electron chi connectivity index (χ3n) is 5.39. The standard InChI is InChI=1S/C23H20N6O3/c1-30-15-5-6-16-17(12-25-18(16)9-15)21-23(29-22(28-21)13(10-24)11-26-29)27-14-4-7-19(31-2)20(8-14)32-3/h4-9,11-12,25,27-28H,1-3H3. The fourth-order valence-corrected chi connectivity index (χ4v) is 3.80. The van der Waals surface area contributed by atoms with E-state index in [0.29, 0.717) is 28.5 Å². The predicted molar refractivity (Wildman–Crippen MR) is 121 cm³/mol. The number of nitriles is 1. The molecule has 0 fully saturated rings. The SMILES string of the molecule is COc1ccc2c(-c3[nH]c4c(C#N)cnn4c3Nc3ccc(OC)c(OC)c3)c[nH]c2c1. The van der Waals surface area contributed by atoms with Crippen molar-refractivity contribution in [2.75, 3.05) is 26.6 Å². The lowest BCUT2D eigenvalue weighted by molar-refractivity contribution is 0.355. The molecule has 0 unspecified atom stereocenters. The number of aromatic amines is 2. The van der Waals surface area contributed by atoms with Crippen LogP contribution in [0.15, 0.2) is 48.8 Å². The molecular formula is C23H20N6O3. The summed E-state index contributed by atoms with van der Waals surface area (Å²) in [6.45, 7) is 0. The third kappa shape index (κ3) is 2.97. The van der Waals surface area contributed by atoms with Gasteiger partial charge >= 0.3 is 0 Å². The molecule has 9 heteroatoms. The summed E-state index contributed by atoms with van der Waals surface area (Å²) in [5.74, 6) is 2.69. The van der Waals surface area contributed by atoms with E-state index in [1.54, 1.807) is 25.8 Å². The first kappa shape index (κ1) is 19.4. The Hall–Kier alpha value is -4.58. The third-order valence-corrected chi connectivity index (χ3v) is 5.39. The van der Waals surface area contributed by atoms with Gasteiger partial charge in [0.25, 0.3) is 0 Å². The minimum atomic E-state index is 0.452. The Labute approximate surface area is 183 Å². The molecule has 3 heterocycles. The fraction of sp³-hybridized carbons (Fsp3) is 0.130. The first-order valence-corrected chi connectivity index (χ1v) is 9.81. The lowest BCUT2D eigenvalue weighted by atomic mass is 10.1. The Kier molecular flexibility index (Phi) is 4.60. The number of hydrogen-bond acceptors (Lipinski definition) is 6. The molecule has 2 aromatic carbocycles. The second kappa shape index (κ2) is 7.59. The quantitative estimate of drug-likeness (QED) is 0.368. The second-order valence-corrected chi connectivity index (χ2v) is 7.09. The largest absolute Gasteiger partial charge is 0.497 e. The summed E-state index contributed by atoms with van der Waals surface area (Å²) in [5.41, 5.74) is 4.49. The topological polar surface area (TPSA) is 112 Å². The molecule has 32 heavy (non-hydrogen) atoms. The first-order valence-electron chi connectivity index (χ1n) is 9.81. The van der Waals surface area contributed by atoms with Crippen molar-refractivity contribution in [2.45, 2.75) is 0 Å². The van der Waals surface area contributed by atoms with Crippen LogP contribution in [0.5, 0.6) is 17.2 Å². The van der Waals surface area contributed by atoms with Crippen molar-refractivity contribution < 1.29 is 14.2 Å². The molecule has 0 saturated heterocycles. The summed E-state index contributed by atoms with van der Waals surface area (Å²) in [6.07, 6.45) is 3.46. The van der Waals surface area contributed by atoms with Crippen LogP contribution in [0, 0.1) is 11.3 Å². The molecule has 0 aliphatic rings. The molecule has 5 aromatic rings. The molecule has 0 amide bonds. The summed E-state index contributed by atoms with van der Waals surface area (Å²) in [4.78, 5) is 6.66. The van der Waals surface area contributed by atoms with Gasteiger partial charge in [-0.25, -0.2) is 0 Å². The van der Waals surface area contributed by atoms with Gasteiger partial charge in [-0.2, -0.15) is 14.9 Å². The number of aromatic nitrogens is 4. The van der Waals surface area contributed by atoms with Gasteiger partial charge in [0.15, 0.2) is 23.0 Å². The summed E-state index contributed by atoms with van der Waals surface area (Å²) in [5, 5.41) is 18.3. The Morgan fingerprint density at radius 1 is 1.03 bits per heavy atom. The first-order chi connectivity index (χ1) is 15.7. The zero-order chi connectivity index (χ0) is 22.2. The average Bonchev–Trinajstić information content (AvgIpc) is 3.52. The number of rotatable bonds is 6. The van der Waals surface area contributed by atoms with E-state index in [4.69, 9.17) is 14.2 Å². The zero-order valence-corrected chi connectivity index (χ0v) is 17.7. The Balaban J connectivity index is 1.68. The maximum Gasteiger partial charge on any atom is 0.162 e. The highest BCUT2D eigenvalue weighted by Gasteiger charge is 2.20. The predicted octanol–water partition coefficient (Wildman–Crippen LogP) is 4.45. The number of nitrogens with zero attached hydrogens (tertiary/aromatic N) is 3. The van der Waals surface area contributed by atoms with Gasteiger partial charge < -0.3 is 29.5 Å². The highest BCUT2D eigenvalue weighted by molar-refractivity contribution is 5.99. The smallest absolute Gasteiger partial charge is 0.162 e. The van der Waals surface area contributed by atoms with E-state index in [9.17, 15) is 5.26 Å². The Morgan fingerprint density at radius 3 is 2.62 bits per heavy atom. The maximum atomic E-state index is 9.51. The second-order valence-electron chi connectivity index (χ2n) is 7.09. The van der Waals surface area contributed by atoms with E-state index in [1.807, 2.05) is 42.6 Å². The van der Waals surface area contributed by atoms with Gasteiger partial charge in [0.05, 0.1) is 33.2 Å². The van der Waals surface area contributed by atoms with Crippen LogP contribution in [0.2, 0.25) is 0 Å². The molecule has 160 valence electrons. The van der Waals surface area contributed by atoms with Crippen molar-refractivity contribution in [3.8, 4) is 34.6 Å².